The molecular formula is C18H25NO4. The molecule has 0 fully saturated rings. The van der Waals surface area contributed by atoms with Crippen molar-refractivity contribution in [2.24, 2.45) is 5.92 Å². The zero-order valence-corrected chi connectivity index (χ0v) is 14.3. The van der Waals surface area contributed by atoms with Crippen LogP contribution < -0.4 is 14.4 Å². The van der Waals surface area contributed by atoms with Crippen LogP contribution in [0.2, 0.25) is 0 Å². The van der Waals surface area contributed by atoms with Crippen LogP contribution in [0.25, 0.3) is 0 Å². The third-order valence-electron chi connectivity index (χ3n) is 3.67. The van der Waals surface area contributed by atoms with Crippen molar-refractivity contribution >= 4 is 17.9 Å². The van der Waals surface area contributed by atoms with E-state index in [9.17, 15) is 9.59 Å². The van der Waals surface area contributed by atoms with Crippen LogP contribution >= 0.6 is 0 Å². The molecule has 23 heavy (non-hydrogen) atoms. The van der Waals surface area contributed by atoms with E-state index < -0.39 is 6.10 Å². The number of carbonyl (C=O) groups excluding carboxylic acids is 2. The highest BCUT2D eigenvalue weighted by Gasteiger charge is 2.35. The summed E-state index contributed by atoms with van der Waals surface area (Å²) in [5, 5.41) is 0. The molecule has 0 N–H and O–H groups in total. The first kappa shape index (κ1) is 17.3. The maximum atomic E-state index is 12.7. The molecule has 0 saturated heterocycles. The van der Waals surface area contributed by atoms with Crippen LogP contribution in [-0.4, -0.2) is 31.4 Å². The summed E-state index contributed by atoms with van der Waals surface area (Å²) >= 11 is 0. The molecule has 1 amide bonds. The number of anilines is 1. The van der Waals surface area contributed by atoms with E-state index in [4.69, 9.17) is 9.47 Å². The Morgan fingerprint density at radius 3 is 2.65 bits per heavy atom. The molecular weight excluding hydrogens is 294 g/mol. The number of hydrogen-bond donors (Lipinski definition) is 0. The summed E-state index contributed by atoms with van der Waals surface area (Å²) < 4.78 is 11.7. The number of ether oxygens (including phenoxy) is 2. The predicted octanol–water partition coefficient (Wildman–Crippen LogP) is 3.45. The lowest BCUT2D eigenvalue weighted by atomic mass is 10.1. The van der Waals surface area contributed by atoms with Crippen molar-refractivity contribution in [1.29, 1.82) is 0 Å². The molecule has 1 heterocycles. The zero-order chi connectivity index (χ0) is 17.0. The zero-order valence-electron chi connectivity index (χ0n) is 14.3. The van der Waals surface area contributed by atoms with Gasteiger partial charge in [-0.3, -0.25) is 9.59 Å². The Balaban J connectivity index is 2.53. The molecule has 126 valence electrons. The average molecular weight is 319 g/mol. The molecule has 0 radical (unpaired) electrons. The van der Waals surface area contributed by atoms with E-state index in [1.165, 1.54) is 0 Å². The van der Waals surface area contributed by atoms with Gasteiger partial charge in [0.05, 0.1) is 12.3 Å². The van der Waals surface area contributed by atoms with Crippen LogP contribution in [0.3, 0.4) is 0 Å². The highest BCUT2D eigenvalue weighted by Crippen LogP contribution is 2.43. The van der Waals surface area contributed by atoms with Gasteiger partial charge in [0.15, 0.2) is 17.6 Å². The first-order valence-electron chi connectivity index (χ1n) is 8.25. The monoisotopic (exact) mass is 319 g/mol. The van der Waals surface area contributed by atoms with Gasteiger partial charge in [-0.05, 0) is 30.9 Å². The fourth-order valence-corrected chi connectivity index (χ4v) is 2.61. The van der Waals surface area contributed by atoms with E-state index in [1.54, 1.807) is 17.0 Å². The molecule has 1 aliphatic heterocycles. The summed E-state index contributed by atoms with van der Waals surface area (Å²) in [4.78, 5) is 25.6. The van der Waals surface area contributed by atoms with Crippen molar-refractivity contribution in [3.63, 3.8) is 0 Å². The highest BCUT2D eigenvalue weighted by atomic mass is 16.5. The average Bonchev–Trinajstić information content (AvgIpc) is 2.54. The predicted molar refractivity (Wildman–Crippen MR) is 89.5 cm³/mol. The molecule has 0 bridgehead atoms. The van der Waals surface area contributed by atoms with Crippen LogP contribution in [0.15, 0.2) is 12.1 Å². The van der Waals surface area contributed by atoms with E-state index in [0.29, 0.717) is 48.2 Å². The number of amides is 1. The van der Waals surface area contributed by atoms with Crippen molar-refractivity contribution in [2.45, 2.75) is 46.6 Å². The lowest BCUT2D eigenvalue weighted by Crippen LogP contribution is -2.47. The van der Waals surface area contributed by atoms with Gasteiger partial charge in [-0.2, -0.15) is 0 Å². The fourth-order valence-electron chi connectivity index (χ4n) is 2.61. The first-order valence-corrected chi connectivity index (χ1v) is 8.25. The third-order valence-corrected chi connectivity index (χ3v) is 3.67. The second kappa shape index (κ2) is 7.49. The Bertz CT molecular complexity index is 583. The Morgan fingerprint density at radius 1 is 1.35 bits per heavy atom. The van der Waals surface area contributed by atoms with Crippen molar-refractivity contribution in [1.82, 2.24) is 0 Å². The quantitative estimate of drug-likeness (QED) is 0.722. The van der Waals surface area contributed by atoms with Gasteiger partial charge in [-0.25, -0.2) is 0 Å². The smallest absolute Gasteiger partial charge is 0.268 e. The minimum Gasteiger partial charge on any atom is -0.490 e. The van der Waals surface area contributed by atoms with Crippen molar-refractivity contribution in [3.8, 4) is 11.5 Å². The maximum Gasteiger partial charge on any atom is 0.268 e. The minimum atomic E-state index is -0.507. The lowest BCUT2D eigenvalue weighted by Gasteiger charge is -2.36. The molecule has 5 heteroatoms. The number of carbonyl (C=O) groups is 2. The van der Waals surface area contributed by atoms with E-state index >= 15 is 0 Å². The number of rotatable bonds is 7. The second-order valence-corrected chi connectivity index (χ2v) is 6.19. The van der Waals surface area contributed by atoms with Gasteiger partial charge >= 0.3 is 0 Å². The lowest BCUT2D eigenvalue weighted by molar-refractivity contribution is -0.126. The Kier molecular flexibility index (Phi) is 5.64. The van der Waals surface area contributed by atoms with E-state index in [0.717, 1.165) is 12.7 Å². The highest BCUT2D eigenvalue weighted by molar-refractivity contribution is 6.01. The van der Waals surface area contributed by atoms with Crippen LogP contribution in [0.1, 0.15) is 50.9 Å². The molecule has 1 aromatic carbocycles. The van der Waals surface area contributed by atoms with E-state index in [-0.39, 0.29) is 5.91 Å². The number of benzene rings is 1. The van der Waals surface area contributed by atoms with E-state index in [2.05, 4.69) is 13.8 Å². The molecule has 2 rings (SSSR count). The molecule has 0 saturated carbocycles. The second-order valence-electron chi connectivity index (χ2n) is 6.19. The third kappa shape index (κ3) is 3.66. The van der Waals surface area contributed by atoms with Crippen LogP contribution in [0.4, 0.5) is 5.69 Å². The van der Waals surface area contributed by atoms with Gasteiger partial charge in [0.2, 0.25) is 0 Å². The molecule has 1 unspecified atom stereocenters. The molecule has 1 aliphatic rings. The van der Waals surface area contributed by atoms with Crippen LogP contribution in [0, 0.1) is 5.92 Å². The fraction of sp³-hybridized carbons (Fsp3) is 0.556. The normalized spacial score (nSPS) is 17.0. The van der Waals surface area contributed by atoms with E-state index in [1.807, 2.05) is 13.8 Å². The van der Waals surface area contributed by atoms with Crippen molar-refractivity contribution in [2.75, 3.05) is 18.1 Å². The van der Waals surface area contributed by atoms with Gasteiger partial charge in [0, 0.05) is 12.1 Å². The molecule has 0 spiro atoms. The summed E-state index contributed by atoms with van der Waals surface area (Å²) in [6.07, 6.45) is 1.71. The molecule has 5 nitrogen and oxygen atoms in total. The Hall–Kier alpha value is -2.04. The standard InChI is InChI=1S/C18H25NO4/c1-5-7-22-16-9-13(11-20)8-14-17(16)23-15(6-2)18(21)19(14)10-12(3)4/h8-9,11-12,15H,5-7,10H2,1-4H3. The topological polar surface area (TPSA) is 55.8 Å². The van der Waals surface area contributed by atoms with Crippen molar-refractivity contribution in [3.05, 3.63) is 17.7 Å². The van der Waals surface area contributed by atoms with Gasteiger partial charge in [-0.1, -0.05) is 27.7 Å². The number of nitrogens with zero attached hydrogens (tertiary/aromatic N) is 1. The summed E-state index contributed by atoms with van der Waals surface area (Å²) in [5.74, 6) is 1.35. The largest absolute Gasteiger partial charge is 0.490 e. The summed E-state index contributed by atoms with van der Waals surface area (Å²) in [7, 11) is 0. The molecule has 1 aromatic rings. The number of hydrogen-bond acceptors (Lipinski definition) is 4. The molecule has 0 aliphatic carbocycles. The SMILES string of the molecule is CCCOc1cc(C=O)cc2c1OC(CC)C(=O)N2CC(C)C. The Labute approximate surface area is 137 Å². The first-order chi connectivity index (χ1) is 11.0. The summed E-state index contributed by atoms with van der Waals surface area (Å²) in [6.45, 7) is 9.17. The molecule has 1 atom stereocenters. The van der Waals surface area contributed by atoms with Gasteiger partial charge in [-0.15, -0.1) is 0 Å². The maximum absolute atomic E-state index is 12.7. The number of aldehydes is 1. The van der Waals surface area contributed by atoms with Crippen LogP contribution in [-0.2, 0) is 4.79 Å². The minimum absolute atomic E-state index is 0.0572. The summed E-state index contributed by atoms with van der Waals surface area (Å²) in [5.41, 5.74) is 1.11. The van der Waals surface area contributed by atoms with Gasteiger partial charge < -0.3 is 14.4 Å². The van der Waals surface area contributed by atoms with Gasteiger partial charge in [0.1, 0.15) is 6.29 Å². The van der Waals surface area contributed by atoms with Gasteiger partial charge in [0.25, 0.3) is 5.91 Å². The van der Waals surface area contributed by atoms with Crippen LogP contribution in [0.5, 0.6) is 11.5 Å². The summed E-state index contributed by atoms with van der Waals surface area (Å²) in [6, 6.07) is 3.38. The molecule has 0 aromatic heterocycles. The number of fused-ring (bicyclic) bond motifs is 1. The Morgan fingerprint density at radius 2 is 2.09 bits per heavy atom. The van der Waals surface area contributed by atoms with Crippen molar-refractivity contribution < 1.29 is 19.1 Å².